The van der Waals surface area contributed by atoms with Gasteiger partial charge in [-0.05, 0) is 57.9 Å². The highest BCUT2D eigenvalue weighted by Gasteiger charge is 2.36. The molecule has 1 aromatic rings. The molecule has 0 radical (unpaired) electrons. The van der Waals surface area contributed by atoms with Gasteiger partial charge in [0, 0.05) is 29.7 Å². The van der Waals surface area contributed by atoms with Crippen LogP contribution in [0.25, 0.3) is 0 Å². The van der Waals surface area contributed by atoms with Gasteiger partial charge in [-0.3, -0.25) is 4.90 Å². The van der Waals surface area contributed by atoms with Gasteiger partial charge < -0.3 is 10.4 Å². The minimum Gasteiger partial charge on any atom is -0.508 e. The number of rotatable bonds is 3. The topological polar surface area (TPSA) is 35.5 Å². The molecule has 0 spiro atoms. The minimum atomic E-state index is -0.288. The lowest BCUT2D eigenvalue weighted by atomic mass is 9.95. The zero-order chi connectivity index (χ0) is 14.3. The molecule has 20 heavy (non-hydrogen) atoms. The van der Waals surface area contributed by atoms with Crippen molar-refractivity contribution in [2.75, 3.05) is 7.05 Å². The van der Waals surface area contributed by atoms with E-state index in [-0.39, 0.29) is 17.6 Å². The van der Waals surface area contributed by atoms with Crippen molar-refractivity contribution >= 4 is 0 Å². The lowest BCUT2D eigenvalue weighted by Gasteiger charge is -2.39. The lowest BCUT2D eigenvalue weighted by Crippen LogP contribution is -2.47. The Labute approximate surface area is 119 Å². The highest BCUT2D eigenvalue weighted by atomic mass is 19.1. The molecule has 110 valence electrons. The molecule has 2 N–H and O–H groups in total. The van der Waals surface area contributed by atoms with Crippen LogP contribution < -0.4 is 5.32 Å². The largest absolute Gasteiger partial charge is 0.508 e. The Morgan fingerprint density at radius 2 is 1.95 bits per heavy atom. The number of hydrogen-bond acceptors (Lipinski definition) is 3. The van der Waals surface area contributed by atoms with Crippen molar-refractivity contribution < 1.29 is 9.50 Å². The van der Waals surface area contributed by atoms with Gasteiger partial charge in [0.1, 0.15) is 11.6 Å². The van der Waals surface area contributed by atoms with Crippen LogP contribution in [0.1, 0.15) is 44.2 Å². The number of fused-ring (bicyclic) bond motifs is 2. The van der Waals surface area contributed by atoms with E-state index in [2.05, 4.69) is 17.3 Å². The summed E-state index contributed by atoms with van der Waals surface area (Å²) in [5, 5.41) is 13.6. The predicted molar refractivity (Wildman–Crippen MR) is 77.2 cm³/mol. The Hall–Kier alpha value is -1.13. The van der Waals surface area contributed by atoms with Crippen LogP contribution in [0.3, 0.4) is 0 Å². The molecule has 2 fully saturated rings. The molecule has 0 aliphatic carbocycles. The van der Waals surface area contributed by atoms with Crippen LogP contribution in [0.2, 0.25) is 0 Å². The van der Waals surface area contributed by atoms with Crippen molar-refractivity contribution in [2.45, 2.75) is 56.8 Å². The molecule has 2 heterocycles. The summed E-state index contributed by atoms with van der Waals surface area (Å²) in [4.78, 5) is 2.29. The summed E-state index contributed by atoms with van der Waals surface area (Å²) < 4.78 is 13.4. The summed E-state index contributed by atoms with van der Waals surface area (Å²) in [7, 11) is 2.09. The first-order chi connectivity index (χ1) is 9.54. The molecule has 2 aliphatic rings. The van der Waals surface area contributed by atoms with Gasteiger partial charge in [-0.25, -0.2) is 4.39 Å². The number of hydrogen-bond donors (Lipinski definition) is 2. The average Bonchev–Trinajstić information content (AvgIpc) is 2.78. The van der Waals surface area contributed by atoms with Crippen LogP contribution in [-0.2, 0) is 0 Å². The summed E-state index contributed by atoms with van der Waals surface area (Å²) in [5.74, 6) is -0.105. The van der Waals surface area contributed by atoms with Crippen LogP contribution in [0.15, 0.2) is 18.2 Å². The standard InChI is InChI=1S/C16H23FN2O/c1-10(15-7-11(17)3-6-16(15)20)19(2)14-8-12-4-5-13(9-14)18-12/h3,6-7,10,12-14,18,20H,4-5,8-9H2,1-2H3. The van der Waals surface area contributed by atoms with Crippen LogP contribution in [-0.4, -0.2) is 35.2 Å². The second-order valence-corrected chi connectivity index (χ2v) is 6.31. The second kappa shape index (κ2) is 5.34. The number of benzene rings is 1. The fourth-order valence-corrected chi connectivity index (χ4v) is 3.76. The Morgan fingerprint density at radius 3 is 2.60 bits per heavy atom. The molecule has 0 amide bonds. The quantitative estimate of drug-likeness (QED) is 0.892. The monoisotopic (exact) mass is 278 g/mol. The van der Waals surface area contributed by atoms with E-state index in [1.807, 2.05) is 6.92 Å². The zero-order valence-corrected chi connectivity index (χ0v) is 12.1. The number of nitrogens with zero attached hydrogens (tertiary/aromatic N) is 1. The van der Waals surface area contributed by atoms with E-state index in [4.69, 9.17) is 0 Å². The lowest BCUT2D eigenvalue weighted by molar-refractivity contribution is 0.131. The van der Waals surface area contributed by atoms with Crippen molar-refractivity contribution in [2.24, 2.45) is 0 Å². The van der Waals surface area contributed by atoms with Crippen molar-refractivity contribution in [3.8, 4) is 5.75 Å². The maximum absolute atomic E-state index is 13.4. The number of piperidine rings is 1. The fourth-order valence-electron chi connectivity index (χ4n) is 3.76. The molecule has 3 unspecified atom stereocenters. The van der Waals surface area contributed by atoms with E-state index in [0.717, 1.165) is 12.8 Å². The molecule has 3 atom stereocenters. The summed E-state index contributed by atoms with van der Waals surface area (Å²) in [6, 6.07) is 5.99. The first-order valence-corrected chi connectivity index (χ1v) is 7.51. The van der Waals surface area contributed by atoms with Crippen molar-refractivity contribution in [3.63, 3.8) is 0 Å². The zero-order valence-electron chi connectivity index (χ0n) is 12.1. The van der Waals surface area contributed by atoms with Crippen LogP contribution in [0, 0.1) is 5.82 Å². The summed E-state index contributed by atoms with van der Waals surface area (Å²) >= 11 is 0. The van der Waals surface area contributed by atoms with Gasteiger partial charge in [-0.2, -0.15) is 0 Å². The smallest absolute Gasteiger partial charge is 0.123 e. The molecule has 4 heteroatoms. The molecular formula is C16H23FN2O. The van der Waals surface area contributed by atoms with E-state index in [1.54, 1.807) is 0 Å². The van der Waals surface area contributed by atoms with Crippen molar-refractivity contribution in [1.29, 1.82) is 0 Å². The average molecular weight is 278 g/mol. The van der Waals surface area contributed by atoms with Crippen molar-refractivity contribution in [3.05, 3.63) is 29.6 Å². The normalized spacial score (nSPS) is 30.7. The summed E-state index contributed by atoms with van der Waals surface area (Å²) in [5.41, 5.74) is 0.679. The van der Waals surface area contributed by atoms with E-state index in [1.165, 1.54) is 31.0 Å². The predicted octanol–water partition coefficient (Wildman–Crippen LogP) is 2.81. The Morgan fingerprint density at radius 1 is 1.30 bits per heavy atom. The Kier molecular flexibility index (Phi) is 3.69. The molecule has 2 saturated heterocycles. The molecule has 3 rings (SSSR count). The number of phenols is 1. The van der Waals surface area contributed by atoms with Gasteiger partial charge in [0.2, 0.25) is 0 Å². The molecule has 1 aromatic carbocycles. The number of aromatic hydroxyl groups is 1. The first-order valence-electron chi connectivity index (χ1n) is 7.51. The SMILES string of the molecule is CC(c1cc(F)ccc1O)N(C)C1CC2CCC(C1)N2. The van der Waals surface area contributed by atoms with E-state index in [9.17, 15) is 9.50 Å². The summed E-state index contributed by atoms with van der Waals surface area (Å²) in [6.07, 6.45) is 4.84. The Balaban J connectivity index is 1.76. The third kappa shape index (κ3) is 2.54. The van der Waals surface area contributed by atoms with E-state index >= 15 is 0 Å². The third-order valence-electron chi connectivity index (χ3n) is 5.07. The number of nitrogens with one attached hydrogen (secondary N) is 1. The first kappa shape index (κ1) is 13.8. The molecule has 0 saturated carbocycles. The molecule has 2 bridgehead atoms. The molecule has 0 aromatic heterocycles. The second-order valence-electron chi connectivity index (χ2n) is 6.31. The van der Waals surface area contributed by atoms with Gasteiger partial charge in [0.15, 0.2) is 0 Å². The maximum atomic E-state index is 13.4. The van der Waals surface area contributed by atoms with Crippen LogP contribution in [0.4, 0.5) is 4.39 Å². The highest BCUT2D eigenvalue weighted by Crippen LogP contribution is 2.35. The van der Waals surface area contributed by atoms with Crippen molar-refractivity contribution in [1.82, 2.24) is 10.2 Å². The van der Waals surface area contributed by atoms with Gasteiger partial charge >= 0.3 is 0 Å². The van der Waals surface area contributed by atoms with Crippen LogP contribution >= 0.6 is 0 Å². The molecule has 2 aliphatic heterocycles. The van der Waals surface area contributed by atoms with Gasteiger partial charge in [-0.15, -0.1) is 0 Å². The third-order valence-corrected chi connectivity index (χ3v) is 5.07. The number of phenolic OH excluding ortho intramolecular Hbond substituents is 1. The highest BCUT2D eigenvalue weighted by molar-refractivity contribution is 5.35. The maximum Gasteiger partial charge on any atom is 0.123 e. The van der Waals surface area contributed by atoms with Gasteiger partial charge in [0.25, 0.3) is 0 Å². The van der Waals surface area contributed by atoms with Crippen LogP contribution in [0.5, 0.6) is 5.75 Å². The minimum absolute atomic E-state index is 0.0215. The van der Waals surface area contributed by atoms with Gasteiger partial charge in [-0.1, -0.05) is 0 Å². The summed E-state index contributed by atoms with van der Waals surface area (Å²) in [6.45, 7) is 2.04. The number of halogens is 1. The van der Waals surface area contributed by atoms with E-state index in [0.29, 0.717) is 23.7 Å². The molecular weight excluding hydrogens is 255 g/mol. The van der Waals surface area contributed by atoms with Gasteiger partial charge in [0.05, 0.1) is 0 Å². The Bertz CT molecular complexity index is 481. The molecule has 3 nitrogen and oxygen atoms in total. The van der Waals surface area contributed by atoms with E-state index < -0.39 is 0 Å². The fraction of sp³-hybridized carbons (Fsp3) is 0.625.